The molecule has 0 saturated carbocycles. The van der Waals surface area contributed by atoms with E-state index < -0.39 is 26.0 Å². The highest BCUT2D eigenvalue weighted by Gasteiger charge is 2.23. The van der Waals surface area contributed by atoms with Crippen molar-refractivity contribution >= 4 is 82.2 Å². The maximum Gasteiger partial charge on any atom is 0.320 e. The number of nitrogens with one attached hydrogen (secondary N) is 2. The van der Waals surface area contributed by atoms with Crippen LogP contribution in [0.1, 0.15) is 16.1 Å². The Balaban J connectivity index is 1.38. The van der Waals surface area contributed by atoms with Crippen LogP contribution in [0.15, 0.2) is 46.2 Å². The summed E-state index contributed by atoms with van der Waals surface area (Å²) in [6.45, 7) is 3.13. The van der Waals surface area contributed by atoms with Crippen LogP contribution >= 0.6 is 45.9 Å². The Hall–Kier alpha value is -2.89. The number of hydrogen-bond acceptors (Lipinski definition) is 12. The van der Waals surface area contributed by atoms with Crippen LogP contribution in [0, 0.1) is 13.8 Å². The Bertz CT molecular complexity index is 1610. The number of esters is 1. The van der Waals surface area contributed by atoms with Gasteiger partial charge in [-0.3, -0.25) is 14.2 Å². The minimum atomic E-state index is -4.01. The minimum Gasteiger partial charge on any atom is -0.396 e. The van der Waals surface area contributed by atoms with E-state index in [9.17, 15) is 21.6 Å². The molecule has 4 rings (SSSR count). The van der Waals surface area contributed by atoms with Crippen molar-refractivity contribution in [3.05, 3.63) is 62.6 Å². The van der Waals surface area contributed by atoms with E-state index >= 15 is 0 Å². The number of carbonyl (C=O) groups excluding carboxylic acids is 1. The van der Waals surface area contributed by atoms with Gasteiger partial charge in [-0.25, -0.2) is 16.8 Å². The molecule has 12 nitrogen and oxygen atoms in total. The van der Waals surface area contributed by atoms with E-state index in [4.69, 9.17) is 27.9 Å². The van der Waals surface area contributed by atoms with Crippen LogP contribution in [0.4, 0.5) is 10.3 Å². The van der Waals surface area contributed by atoms with Gasteiger partial charge in [-0.15, -0.1) is 15.3 Å². The van der Waals surface area contributed by atoms with Crippen LogP contribution in [0.3, 0.4) is 0 Å². The molecule has 18 heteroatoms. The van der Waals surface area contributed by atoms with Crippen LogP contribution in [-0.2, 0) is 31.3 Å². The van der Waals surface area contributed by atoms with Gasteiger partial charge in [0.2, 0.25) is 10.3 Å². The smallest absolute Gasteiger partial charge is 0.320 e. The third kappa shape index (κ3) is 6.39. The van der Waals surface area contributed by atoms with E-state index in [0.29, 0.717) is 27.5 Å². The van der Waals surface area contributed by atoms with E-state index in [1.54, 1.807) is 26.0 Å². The molecule has 0 aliphatic heterocycles. The van der Waals surface area contributed by atoms with Crippen LogP contribution in [0.2, 0.25) is 10.0 Å². The van der Waals surface area contributed by atoms with E-state index in [-0.39, 0.29) is 41.7 Å². The largest absolute Gasteiger partial charge is 0.396 e. The number of anilines is 2. The molecule has 0 saturated heterocycles. The topological polar surface area (TPSA) is 170 Å². The second-order valence-corrected chi connectivity index (χ2v) is 13.6. The number of halogens is 2. The molecule has 0 spiro atoms. The first-order chi connectivity index (χ1) is 17.9. The lowest BCUT2D eigenvalue weighted by atomic mass is 10.2. The van der Waals surface area contributed by atoms with Crippen LogP contribution < -0.4 is 14.2 Å². The van der Waals surface area contributed by atoms with Gasteiger partial charge in [0.05, 0.1) is 9.79 Å². The van der Waals surface area contributed by atoms with Crippen molar-refractivity contribution in [3.63, 3.8) is 0 Å². The van der Waals surface area contributed by atoms with Crippen molar-refractivity contribution in [2.75, 3.05) is 9.44 Å². The molecule has 0 unspecified atom stereocenters. The Kier molecular flexibility index (Phi) is 8.20. The Morgan fingerprint density at radius 3 is 1.87 bits per heavy atom. The van der Waals surface area contributed by atoms with Gasteiger partial charge in [0.15, 0.2) is 0 Å². The molecular formula is C20H16Cl2N6O6S4. The fourth-order valence-electron chi connectivity index (χ4n) is 3.01. The first-order valence-corrected chi connectivity index (χ1v) is 15.6. The third-order valence-electron chi connectivity index (χ3n) is 4.83. The highest BCUT2D eigenvalue weighted by Crippen LogP contribution is 2.29. The van der Waals surface area contributed by atoms with E-state index in [1.165, 1.54) is 24.3 Å². The number of hydrogen-bond donors (Lipinski definition) is 2. The predicted octanol–water partition coefficient (Wildman–Crippen LogP) is 4.06. The average Bonchev–Trinajstić information content (AvgIpc) is 3.45. The average molecular weight is 636 g/mol. The fourth-order valence-corrected chi connectivity index (χ4v) is 7.81. The Morgan fingerprint density at radius 1 is 0.816 bits per heavy atom. The molecule has 0 aliphatic rings. The van der Waals surface area contributed by atoms with E-state index in [2.05, 4.69) is 29.8 Å². The summed E-state index contributed by atoms with van der Waals surface area (Å²) in [5.74, 6) is -0.794. The molecule has 0 amide bonds. The summed E-state index contributed by atoms with van der Waals surface area (Å²) in [5.41, 5.74) is 0.732. The molecule has 2 aromatic carbocycles. The second kappa shape index (κ2) is 11.1. The van der Waals surface area contributed by atoms with Gasteiger partial charge in [0.1, 0.15) is 11.4 Å². The molecule has 2 N–H and O–H groups in total. The van der Waals surface area contributed by atoms with Crippen molar-refractivity contribution < 1.29 is 26.4 Å². The lowest BCUT2D eigenvalue weighted by Crippen LogP contribution is -2.14. The zero-order valence-corrected chi connectivity index (χ0v) is 24.1. The maximum atomic E-state index is 12.7. The molecule has 0 bridgehead atoms. The highest BCUT2D eigenvalue weighted by molar-refractivity contribution is 7.93. The maximum absolute atomic E-state index is 12.7. The van der Waals surface area contributed by atoms with Gasteiger partial charge in [-0.05, 0) is 60.6 Å². The summed E-state index contributed by atoms with van der Waals surface area (Å²) in [6.07, 6.45) is -0.349. The monoisotopic (exact) mass is 634 g/mol. The lowest BCUT2D eigenvalue weighted by molar-refractivity contribution is -0.133. The number of sulfonamides is 2. The van der Waals surface area contributed by atoms with Crippen molar-refractivity contribution in [3.8, 4) is 5.19 Å². The number of benzene rings is 2. The Labute approximate surface area is 235 Å². The summed E-state index contributed by atoms with van der Waals surface area (Å²) in [6, 6.07) is 8.93. The van der Waals surface area contributed by atoms with Gasteiger partial charge in [0.25, 0.3) is 20.0 Å². The zero-order valence-electron chi connectivity index (χ0n) is 19.3. The Morgan fingerprint density at radius 2 is 1.32 bits per heavy atom. The second-order valence-electron chi connectivity index (χ2n) is 7.46. The predicted molar refractivity (Wildman–Crippen MR) is 143 cm³/mol. The molecule has 0 atom stereocenters. The molecular weight excluding hydrogens is 619 g/mol. The van der Waals surface area contributed by atoms with Crippen molar-refractivity contribution in [2.24, 2.45) is 0 Å². The lowest BCUT2D eigenvalue weighted by Gasteiger charge is -2.08. The van der Waals surface area contributed by atoms with Crippen molar-refractivity contribution in [1.29, 1.82) is 0 Å². The standard InChI is InChI=1S/C20H16Cl2N6O6S4/c1-10-12(21)5-3-7-14(10)37(30,31)27-18-24-23-16(35-18)9-17(29)34-20-26-25-19(36-20)28-38(32,33)15-8-4-6-13(22)11(15)2/h3-8H,9H2,1-2H3,(H,24,27)(H,25,28). The van der Waals surface area contributed by atoms with E-state index in [0.717, 1.165) is 11.3 Å². The SMILES string of the molecule is Cc1c(Cl)cccc1S(=O)(=O)Nc1nnc(CC(=O)Oc2nnc(NS(=O)(=O)c3cccc(Cl)c3C)s2)s1. The number of ether oxygens (including phenoxy) is 1. The van der Waals surface area contributed by atoms with Gasteiger partial charge >= 0.3 is 11.2 Å². The number of carbonyl (C=O) groups is 1. The summed E-state index contributed by atoms with van der Waals surface area (Å²) in [5, 5.41) is 15.2. The quantitative estimate of drug-likeness (QED) is 0.256. The van der Waals surface area contributed by atoms with Gasteiger partial charge in [-0.2, -0.15) is 0 Å². The van der Waals surface area contributed by atoms with Crippen molar-refractivity contribution in [1.82, 2.24) is 20.4 Å². The number of rotatable bonds is 9. The zero-order chi connectivity index (χ0) is 27.7. The first-order valence-electron chi connectivity index (χ1n) is 10.3. The summed E-state index contributed by atoms with van der Waals surface area (Å²) < 4.78 is 60.4. The number of nitrogens with zero attached hydrogens (tertiary/aromatic N) is 4. The summed E-state index contributed by atoms with van der Waals surface area (Å²) >= 11 is 13.5. The number of aromatic nitrogens is 4. The van der Waals surface area contributed by atoms with Gasteiger partial charge < -0.3 is 4.74 Å². The molecule has 0 radical (unpaired) electrons. The molecule has 2 heterocycles. The molecule has 4 aromatic rings. The first kappa shape index (κ1) is 28.1. The normalized spacial score (nSPS) is 11.8. The molecule has 2 aromatic heterocycles. The summed E-state index contributed by atoms with van der Waals surface area (Å²) in [7, 11) is -8.01. The highest BCUT2D eigenvalue weighted by atomic mass is 35.5. The molecule has 38 heavy (non-hydrogen) atoms. The van der Waals surface area contributed by atoms with Crippen LogP contribution in [0.25, 0.3) is 0 Å². The summed E-state index contributed by atoms with van der Waals surface area (Å²) in [4.78, 5) is 12.3. The van der Waals surface area contributed by atoms with Gasteiger partial charge in [-0.1, -0.05) is 51.8 Å². The van der Waals surface area contributed by atoms with Crippen molar-refractivity contribution in [2.45, 2.75) is 30.1 Å². The minimum absolute atomic E-state index is 0.0191. The molecule has 0 aliphatic carbocycles. The van der Waals surface area contributed by atoms with Crippen LogP contribution in [-0.4, -0.2) is 43.2 Å². The fraction of sp³-hybridized carbons (Fsp3) is 0.150. The van der Waals surface area contributed by atoms with Gasteiger partial charge in [0, 0.05) is 10.0 Å². The van der Waals surface area contributed by atoms with E-state index in [1.807, 2.05) is 0 Å². The van der Waals surface area contributed by atoms with Crippen LogP contribution in [0.5, 0.6) is 5.19 Å². The molecule has 200 valence electrons. The molecule has 0 fully saturated rings. The third-order valence-corrected chi connectivity index (χ3v) is 10.4.